The highest BCUT2D eigenvalue weighted by molar-refractivity contribution is 7.92. The number of rotatable bonds is 6. The summed E-state index contributed by atoms with van der Waals surface area (Å²) in [7, 11) is -2.22. The van der Waals surface area contributed by atoms with E-state index in [0.717, 1.165) is 0 Å². The van der Waals surface area contributed by atoms with Crippen molar-refractivity contribution in [3.8, 4) is 11.5 Å². The molecular weight excluding hydrogens is 430 g/mol. The minimum atomic E-state index is -3.69. The van der Waals surface area contributed by atoms with Crippen LogP contribution < -0.4 is 19.2 Å². The fourth-order valence-corrected chi connectivity index (χ4v) is 4.35. The molecule has 1 amide bonds. The number of hydrazone groups is 1. The molecule has 0 radical (unpaired) electrons. The van der Waals surface area contributed by atoms with Crippen molar-refractivity contribution < 1.29 is 22.7 Å². The molecule has 1 heterocycles. The van der Waals surface area contributed by atoms with Gasteiger partial charge in [-0.2, -0.15) is 5.10 Å². The summed E-state index contributed by atoms with van der Waals surface area (Å²) in [6.45, 7) is 0.938. The van der Waals surface area contributed by atoms with Crippen LogP contribution in [0.3, 0.4) is 0 Å². The first-order chi connectivity index (χ1) is 15.5. The molecular formula is C23H21N3O5S. The van der Waals surface area contributed by atoms with Crippen molar-refractivity contribution >= 4 is 27.8 Å². The molecule has 1 aliphatic rings. The first-order valence-corrected chi connectivity index (χ1v) is 11.3. The van der Waals surface area contributed by atoms with Crippen LogP contribution in [0.15, 0.2) is 82.8 Å². The van der Waals surface area contributed by atoms with Crippen molar-refractivity contribution in [2.24, 2.45) is 5.10 Å². The smallest absolute Gasteiger partial charge is 0.271 e. The predicted molar refractivity (Wildman–Crippen MR) is 121 cm³/mol. The summed E-state index contributed by atoms with van der Waals surface area (Å²) in [5, 5.41) is 4.00. The minimum Gasteiger partial charge on any atom is -0.486 e. The maximum absolute atomic E-state index is 12.7. The fourth-order valence-electron chi connectivity index (χ4n) is 3.14. The van der Waals surface area contributed by atoms with E-state index in [1.807, 2.05) is 6.07 Å². The predicted octanol–water partition coefficient (Wildman–Crippen LogP) is 3.05. The Hall–Kier alpha value is -3.85. The van der Waals surface area contributed by atoms with Gasteiger partial charge in [0.05, 0.1) is 16.8 Å². The number of ether oxygens (including phenoxy) is 2. The maximum atomic E-state index is 12.7. The lowest BCUT2D eigenvalue weighted by Crippen LogP contribution is -2.26. The summed E-state index contributed by atoms with van der Waals surface area (Å²) >= 11 is 0. The van der Waals surface area contributed by atoms with Gasteiger partial charge in [-0.1, -0.05) is 24.3 Å². The van der Waals surface area contributed by atoms with Crippen molar-refractivity contribution in [1.82, 2.24) is 5.43 Å². The number of carbonyl (C=O) groups excluding carboxylic acids is 1. The van der Waals surface area contributed by atoms with E-state index in [1.165, 1.54) is 29.7 Å². The number of amides is 1. The number of sulfonamides is 1. The van der Waals surface area contributed by atoms with E-state index in [9.17, 15) is 13.2 Å². The van der Waals surface area contributed by atoms with Crippen LogP contribution in [-0.2, 0) is 10.0 Å². The van der Waals surface area contributed by atoms with Crippen LogP contribution in [-0.4, -0.2) is 40.8 Å². The lowest BCUT2D eigenvalue weighted by molar-refractivity contribution is 0.0955. The highest BCUT2D eigenvalue weighted by Gasteiger charge is 2.21. The Kier molecular flexibility index (Phi) is 6.09. The second kappa shape index (κ2) is 9.11. The number of benzene rings is 3. The monoisotopic (exact) mass is 451 g/mol. The van der Waals surface area contributed by atoms with Crippen molar-refractivity contribution in [2.45, 2.75) is 4.90 Å². The second-order valence-electron chi connectivity index (χ2n) is 6.90. The molecule has 0 saturated heterocycles. The number of hydrogen-bond donors (Lipinski definition) is 1. The van der Waals surface area contributed by atoms with Crippen LogP contribution in [0.5, 0.6) is 11.5 Å². The minimum absolute atomic E-state index is 0.191. The molecule has 0 fully saturated rings. The quantitative estimate of drug-likeness (QED) is 0.459. The molecule has 32 heavy (non-hydrogen) atoms. The average molecular weight is 452 g/mol. The standard InChI is InChI=1S/C23H21N3O5S/c1-26(32(28,29)20-7-3-2-4-8-20)19-12-10-17(11-13-19)23(27)25-24-16-18-6-5-9-21-22(18)31-15-14-30-21/h2-13,16H,14-15H2,1H3,(H,25,27). The number of hydrogen-bond acceptors (Lipinski definition) is 6. The molecule has 3 aromatic carbocycles. The highest BCUT2D eigenvalue weighted by atomic mass is 32.2. The van der Waals surface area contributed by atoms with Crippen LogP contribution in [0.1, 0.15) is 15.9 Å². The summed E-state index contributed by atoms with van der Waals surface area (Å²) < 4.78 is 37.8. The van der Waals surface area contributed by atoms with Crippen LogP contribution in [0.25, 0.3) is 0 Å². The molecule has 1 N–H and O–H groups in total. The molecule has 8 nitrogen and oxygen atoms in total. The molecule has 0 unspecified atom stereocenters. The average Bonchev–Trinajstić information content (AvgIpc) is 2.84. The van der Waals surface area contributed by atoms with Gasteiger partial charge in [-0.05, 0) is 48.5 Å². The topological polar surface area (TPSA) is 97.3 Å². The largest absolute Gasteiger partial charge is 0.486 e. The Labute approximate surface area is 186 Å². The highest BCUT2D eigenvalue weighted by Crippen LogP contribution is 2.32. The zero-order chi connectivity index (χ0) is 22.6. The van der Waals surface area contributed by atoms with Gasteiger partial charge in [-0.25, -0.2) is 13.8 Å². The number of anilines is 1. The normalized spacial score (nSPS) is 13.0. The lowest BCUT2D eigenvalue weighted by Gasteiger charge is -2.19. The summed E-state index contributed by atoms with van der Waals surface area (Å²) in [6, 6.07) is 19.8. The zero-order valence-corrected chi connectivity index (χ0v) is 18.1. The Morgan fingerprint density at radius 1 is 0.969 bits per heavy atom. The Morgan fingerprint density at radius 2 is 1.69 bits per heavy atom. The van der Waals surface area contributed by atoms with E-state index in [1.54, 1.807) is 54.6 Å². The summed E-state index contributed by atoms with van der Waals surface area (Å²) in [4.78, 5) is 12.6. The third-order valence-corrected chi connectivity index (χ3v) is 6.66. The van der Waals surface area contributed by atoms with Gasteiger partial charge in [-0.15, -0.1) is 0 Å². The number of carbonyl (C=O) groups is 1. The van der Waals surface area contributed by atoms with Gasteiger partial charge in [0.1, 0.15) is 13.2 Å². The molecule has 0 bridgehead atoms. The van der Waals surface area contributed by atoms with Gasteiger partial charge in [0.15, 0.2) is 11.5 Å². The van der Waals surface area contributed by atoms with E-state index in [-0.39, 0.29) is 4.90 Å². The van der Waals surface area contributed by atoms with Gasteiger partial charge >= 0.3 is 0 Å². The maximum Gasteiger partial charge on any atom is 0.271 e. The summed E-state index contributed by atoms with van der Waals surface area (Å²) in [5.41, 5.74) is 3.92. The Bertz CT molecular complexity index is 1240. The Morgan fingerprint density at radius 3 is 2.44 bits per heavy atom. The molecule has 0 saturated carbocycles. The van der Waals surface area contributed by atoms with Crippen LogP contribution in [0.2, 0.25) is 0 Å². The van der Waals surface area contributed by atoms with Crippen molar-refractivity contribution in [2.75, 3.05) is 24.6 Å². The SMILES string of the molecule is CN(c1ccc(C(=O)NN=Cc2cccc3c2OCCO3)cc1)S(=O)(=O)c1ccccc1. The number of nitrogens with one attached hydrogen (secondary N) is 1. The van der Waals surface area contributed by atoms with Gasteiger partial charge in [0.25, 0.3) is 15.9 Å². The van der Waals surface area contributed by atoms with Crippen molar-refractivity contribution in [3.05, 3.63) is 83.9 Å². The van der Waals surface area contributed by atoms with Crippen molar-refractivity contribution in [3.63, 3.8) is 0 Å². The zero-order valence-electron chi connectivity index (χ0n) is 17.3. The molecule has 1 aliphatic heterocycles. The van der Waals surface area contributed by atoms with E-state index in [4.69, 9.17) is 9.47 Å². The summed E-state index contributed by atoms with van der Waals surface area (Å²) in [5.74, 6) is 0.795. The van der Waals surface area contributed by atoms with Gasteiger partial charge in [-0.3, -0.25) is 9.10 Å². The van der Waals surface area contributed by atoms with Crippen molar-refractivity contribution in [1.29, 1.82) is 0 Å². The molecule has 9 heteroatoms. The number of para-hydroxylation sites is 1. The number of fused-ring (bicyclic) bond motifs is 1. The van der Waals surface area contributed by atoms with E-state index >= 15 is 0 Å². The lowest BCUT2D eigenvalue weighted by atomic mass is 10.2. The second-order valence-corrected chi connectivity index (χ2v) is 8.87. The third kappa shape index (κ3) is 4.42. The molecule has 3 aromatic rings. The third-order valence-electron chi connectivity index (χ3n) is 4.86. The van der Waals surface area contributed by atoms with Gasteiger partial charge < -0.3 is 9.47 Å². The van der Waals surface area contributed by atoms with Gasteiger partial charge in [0, 0.05) is 18.2 Å². The van der Waals surface area contributed by atoms with Crippen LogP contribution >= 0.6 is 0 Å². The van der Waals surface area contributed by atoms with Gasteiger partial charge in [0.2, 0.25) is 0 Å². The first kappa shape index (κ1) is 21.4. The first-order valence-electron chi connectivity index (χ1n) is 9.83. The number of nitrogens with zero attached hydrogens (tertiary/aromatic N) is 2. The van der Waals surface area contributed by atoms with E-state index in [0.29, 0.717) is 41.5 Å². The molecule has 0 aliphatic carbocycles. The van der Waals surface area contributed by atoms with E-state index < -0.39 is 15.9 Å². The molecule has 0 spiro atoms. The fraction of sp³-hybridized carbons (Fsp3) is 0.130. The molecule has 0 aromatic heterocycles. The van der Waals surface area contributed by atoms with E-state index in [2.05, 4.69) is 10.5 Å². The Balaban J connectivity index is 1.43. The van der Waals surface area contributed by atoms with Crippen LogP contribution in [0, 0.1) is 0 Å². The molecule has 4 rings (SSSR count). The molecule has 164 valence electrons. The molecule has 0 atom stereocenters. The summed E-state index contributed by atoms with van der Waals surface area (Å²) in [6.07, 6.45) is 1.49. The van der Waals surface area contributed by atoms with Crippen LogP contribution in [0.4, 0.5) is 5.69 Å².